The smallest absolute Gasteiger partial charge is 0.238 e. The molecule has 0 radical (unpaired) electrons. The molecule has 5 heterocycles. The van der Waals surface area contributed by atoms with Crippen molar-refractivity contribution in [3.63, 3.8) is 0 Å². The number of hydrogen-bond donors (Lipinski definition) is 0. The molecule has 0 saturated carbocycles. The largest absolute Gasteiger partial charge is 0.379 e. The van der Waals surface area contributed by atoms with Gasteiger partial charge in [-0.05, 0) is 82.7 Å². The maximum Gasteiger partial charge on any atom is 0.238 e. The van der Waals surface area contributed by atoms with E-state index in [0.717, 1.165) is 92.8 Å². The zero-order valence-electron chi connectivity index (χ0n) is 31.8. The summed E-state index contributed by atoms with van der Waals surface area (Å²) in [5, 5.41) is 0.639. The first-order chi connectivity index (χ1) is 26.4. The number of carbonyl (C=O) groups excluding carboxylic acids is 2. The summed E-state index contributed by atoms with van der Waals surface area (Å²) in [5.74, 6) is 3.74. The zero-order chi connectivity index (χ0) is 38.2. The molecule has 2 fully saturated rings. The number of nitrogens with zero attached hydrogens (tertiary/aromatic N) is 6. The molecule has 3 aliphatic rings. The van der Waals surface area contributed by atoms with E-state index in [-0.39, 0.29) is 5.91 Å². The van der Waals surface area contributed by atoms with Crippen LogP contribution in [-0.2, 0) is 51.8 Å². The topological polar surface area (TPSA) is 121 Å². The van der Waals surface area contributed by atoms with Crippen molar-refractivity contribution in [1.82, 2.24) is 24.3 Å². The van der Waals surface area contributed by atoms with Gasteiger partial charge >= 0.3 is 0 Å². The van der Waals surface area contributed by atoms with Crippen LogP contribution in [0, 0.1) is 18.3 Å². The van der Waals surface area contributed by atoms with E-state index >= 15 is 0 Å². The number of benzene rings is 1. The minimum atomic E-state index is -0.493. The Hall–Kier alpha value is -3.45. The summed E-state index contributed by atoms with van der Waals surface area (Å²) in [6.45, 7) is 9.84. The SMILES string of the molecule is C#CCOCCOCCOCCOCCOCCCCn1c(CN2C(=O)C3(CCN(C)CC3)c3ccncc32)nc2cc(Cl)ccc21.CN1CC(C=O)C1. The number of hydrogen-bond acceptors (Lipinski definition) is 11. The summed E-state index contributed by atoms with van der Waals surface area (Å²) in [6, 6.07) is 7.81. The molecule has 14 heteroatoms. The number of terminal acetylenes is 1. The van der Waals surface area contributed by atoms with Crippen LogP contribution < -0.4 is 4.90 Å². The highest BCUT2D eigenvalue weighted by Crippen LogP contribution is 2.48. The van der Waals surface area contributed by atoms with Crippen molar-refractivity contribution in [2.24, 2.45) is 5.92 Å². The van der Waals surface area contributed by atoms with Crippen molar-refractivity contribution in [2.45, 2.75) is 44.2 Å². The fourth-order valence-corrected chi connectivity index (χ4v) is 7.28. The second-order valence-electron chi connectivity index (χ2n) is 14.0. The quantitative estimate of drug-likeness (QED) is 0.0894. The molecule has 1 amide bonds. The van der Waals surface area contributed by atoms with Crippen molar-refractivity contribution < 1.29 is 33.3 Å². The molecule has 0 aliphatic carbocycles. The molecule has 13 nitrogen and oxygen atoms in total. The molecule has 2 aromatic heterocycles. The highest BCUT2D eigenvalue weighted by molar-refractivity contribution is 6.31. The number of fused-ring (bicyclic) bond motifs is 3. The van der Waals surface area contributed by atoms with E-state index in [1.807, 2.05) is 42.4 Å². The number of halogens is 1. The Labute approximate surface area is 324 Å². The number of aldehydes is 1. The summed E-state index contributed by atoms with van der Waals surface area (Å²) < 4.78 is 29.6. The van der Waals surface area contributed by atoms with Crippen LogP contribution in [0.15, 0.2) is 36.7 Å². The summed E-state index contributed by atoms with van der Waals surface area (Å²) in [6.07, 6.45) is 13.2. The number of amides is 1. The molecule has 2 saturated heterocycles. The lowest BCUT2D eigenvalue weighted by molar-refractivity contribution is -0.125. The number of rotatable bonds is 21. The van der Waals surface area contributed by atoms with Gasteiger partial charge in [0, 0.05) is 43.4 Å². The number of piperidine rings is 1. The summed E-state index contributed by atoms with van der Waals surface area (Å²) in [4.78, 5) is 39.7. The molecule has 3 aromatic rings. The molecule has 54 heavy (non-hydrogen) atoms. The Morgan fingerprint density at radius 3 is 2.17 bits per heavy atom. The van der Waals surface area contributed by atoms with E-state index in [9.17, 15) is 9.59 Å². The molecule has 0 unspecified atom stereocenters. The number of likely N-dealkylation sites (tertiary alicyclic amines) is 2. The number of pyridine rings is 1. The maximum atomic E-state index is 14.1. The first kappa shape index (κ1) is 41.7. The van der Waals surface area contributed by atoms with Crippen LogP contribution in [-0.4, -0.2) is 143 Å². The molecular weight excluding hydrogens is 712 g/mol. The van der Waals surface area contributed by atoms with E-state index < -0.39 is 5.41 Å². The Kier molecular flexibility index (Phi) is 16.7. The van der Waals surface area contributed by atoms with Gasteiger partial charge in [0.15, 0.2) is 0 Å². The monoisotopic (exact) mass is 766 g/mol. The maximum absolute atomic E-state index is 14.1. The number of imidazole rings is 1. The van der Waals surface area contributed by atoms with Crippen molar-refractivity contribution in [1.29, 1.82) is 0 Å². The molecule has 1 spiro atoms. The third-order valence-corrected chi connectivity index (χ3v) is 10.3. The third-order valence-electron chi connectivity index (χ3n) is 10.1. The van der Waals surface area contributed by atoms with Crippen LogP contribution in [0.4, 0.5) is 5.69 Å². The first-order valence-corrected chi connectivity index (χ1v) is 19.3. The van der Waals surface area contributed by atoms with E-state index in [2.05, 4.69) is 32.3 Å². The van der Waals surface area contributed by atoms with Crippen molar-refractivity contribution in [2.75, 3.05) is 111 Å². The molecule has 0 atom stereocenters. The molecular formula is C40H55ClN6O7. The third kappa shape index (κ3) is 11.3. The lowest BCUT2D eigenvalue weighted by Gasteiger charge is -2.36. The Morgan fingerprint density at radius 1 is 0.907 bits per heavy atom. The van der Waals surface area contributed by atoms with Crippen LogP contribution in [0.1, 0.15) is 37.1 Å². The summed E-state index contributed by atoms with van der Waals surface area (Å²) in [7, 11) is 4.13. The van der Waals surface area contributed by atoms with Crippen LogP contribution in [0.5, 0.6) is 0 Å². The number of anilines is 1. The van der Waals surface area contributed by atoms with Crippen LogP contribution in [0.3, 0.4) is 0 Å². The van der Waals surface area contributed by atoms with Gasteiger partial charge in [-0.15, -0.1) is 6.42 Å². The fraction of sp³-hybridized carbons (Fsp3) is 0.600. The highest BCUT2D eigenvalue weighted by atomic mass is 35.5. The van der Waals surface area contributed by atoms with Gasteiger partial charge < -0.3 is 47.7 Å². The first-order valence-electron chi connectivity index (χ1n) is 18.9. The minimum absolute atomic E-state index is 0.153. The number of ether oxygens (including phenoxy) is 5. The van der Waals surface area contributed by atoms with Crippen molar-refractivity contribution >= 4 is 40.5 Å². The van der Waals surface area contributed by atoms with Crippen molar-refractivity contribution in [3.8, 4) is 12.3 Å². The number of carbonyl (C=O) groups is 2. The predicted octanol–water partition coefficient (Wildman–Crippen LogP) is 3.84. The van der Waals surface area contributed by atoms with Crippen molar-refractivity contribution in [3.05, 3.63) is 53.1 Å². The molecule has 6 rings (SSSR count). The lowest BCUT2D eigenvalue weighted by atomic mass is 9.74. The van der Waals surface area contributed by atoms with E-state index in [1.54, 1.807) is 6.20 Å². The van der Waals surface area contributed by atoms with Gasteiger partial charge in [0.1, 0.15) is 18.7 Å². The normalized spacial score (nSPS) is 17.0. The highest BCUT2D eigenvalue weighted by Gasteiger charge is 2.52. The molecule has 3 aliphatic heterocycles. The van der Waals surface area contributed by atoms with Gasteiger partial charge in [0.2, 0.25) is 5.91 Å². The zero-order valence-corrected chi connectivity index (χ0v) is 32.5. The van der Waals surface area contributed by atoms with Gasteiger partial charge in [0.25, 0.3) is 0 Å². The van der Waals surface area contributed by atoms with Crippen LogP contribution >= 0.6 is 11.6 Å². The molecule has 0 N–H and O–H groups in total. The van der Waals surface area contributed by atoms with Gasteiger partial charge in [-0.25, -0.2) is 4.98 Å². The minimum Gasteiger partial charge on any atom is -0.379 e. The number of aromatic nitrogens is 3. The molecule has 1 aromatic carbocycles. The number of unbranched alkanes of at least 4 members (excludes halogenated alkanes) is 1. The summed E-state index contributed by atoms with van der Waals surface area (Å²) in [5.41, 5.74) is 3.33. The second kappa shape index (κ2) is 21.6. The molecule has 294 valence electrons. The average Bonchev–Trinajstić information content (AvgIpc) is 3.61. The van der Waals surface area contributed by atoms with E-state index in [1.165, 1.54) is 0 Å². The van der Waals surface area contributed by atoms with E-state index in [0.29, 0.717) is 83.6 Å². The second-order valence-corrected chi connectivity index (χ2v) is 14.4. The van der Waals surface area contributed by atoms with Gasteiger partial charge in [0.05, 0.1) is 87.7 Å². The van der Waals surface area contributed by atoms with Crippen LogP contribution in [0.25, 0.3) is 11.0 Å². The van der Waals surface area contributed by atoms with Gasteiger partial charge in [-0.3, -0.25) is 9.78 Å². The van der Waals surface area contributed by atoms with Gasteiger partial charge in [-0.1, -0.05) is 17.5 Å². The van der Waals surface area contributed by atoms with Gasteiger partial charge in [-0.2, -0.15) is 0 Å². The standard InChI is InChI=1S/C35H46ClN5O6.C5H9NO/c1-3-15-43-17-19-45-21-23-47-24-22-46-20-18-44-16-5-4-12-40-31-7-6-28(36)25-30(31)38-33(40)27-41-32-26-37-11-8-29(32)35(34(41)42)9-13-39(2)14-10-35;1-6-2-5(3-6)4-7/h1,6-8,11,25-26H,4-5,9-10,12-24,27H2,2H3;4-5H,2-3H2,1H3. The Balaban J connectivity index is 0.000000719. The average molecular weight is 767 g/mol. The Bertz CT molecular complexity index is 1670. The Morgan fingerprint density at radius 2 is 1.56 bits per heavy atom. The molecule has 0 bridgehead atoms. The fourth-order valence-electron chi connectivity index (χ4n) is 7.11. The van der Waals surface area contributed by atoms with E-state index in [4.69, 9.17) is 46.7 Å². The number of aryl methyl sites for hydroxylation is 1. The van der Waals surface area contributed by atoms with Crippen LogP contribution in [0.2, 0.25) is 5.02 Å². The lowest BCUT2D eigenvalue weighted by Crippen LogP contribution is -2.47. The summed E-state index contributed by atoms with van der Waals surface area (Å²) >= 11 is 6.34. The predicted molar refractivity (Wildman–Crippen MR) is 208 cm³/mol.